The predicted molar refractivity (Wildman–Crippen MR) is 113 cm³/mol. The molecule has 0 spiro atoms. The molecule has 0 bridgehead atoms. The van der Waals surface area contributed by atoms with Gasteiger partial charge in [-0.25, -0.2) is 17.9 Å². The first-order valence-electron chi connectivity index (χ1n) is 9.41. The summed E-state index contributed by atoms with van der Waals surface area (Å²) in [7, 11) is -3.70. The largest absolute Gasteiger partial charge is 0.426 e. The van der Waals surface area contributed by atoms with E-state index in [4.69, 9.17) is 9.15 Å². The number of carbonyl (C=O) groups excluding carboxylic acids is 1. The van der Waals surface area contributed by atoms with E-state index in [0.717, 1.165) is 16.5 Å². The normalized spacial score (nSPS) is 11.6. The molecule has 2 aromatic carbocycles. The van der Waals surface area contributed by atoms with Crippen molar-refractivity contribution < 1.29 is 22.4 Å². The molecule has 3 aromatic rings. The molecular formula is C22H23NO6S. The maximum Gasteiger partial charge on any atom is 0.339 e. The summed E-state index contributed by atoms with van der Waals surface area (Å²) in [5.41, 5.74) is 2.76. The van der Waals surface area contributed by atoms with Gasteiger partial charge in [-0.05, 0) is 57.5 Å². The molecule has 0 saturated heterocycles. The summed E-state index contributed by atoms with van der Waals surface area (Å²) in [4.78, 5) is 24.3. The Morgan fingerprint density at radius 2 is 1.63 bits per heavy atom. The van der Waals surface area contributed by atoms with Crippen molar-refractivity contribution in [3.8, 4) is 5.75 Å². The molecule has 30 heavy (non-hydrogen) atoms. The van der Waals surface area contributed by atoms with Gasteiger partial charge in [0.2, 0.25) is 10.0 Å². The fraction of sp³-hybridized carbons (Fsp3) is 0.273. The van der Waals surface area contributed by atoms with Crippen molar-refractivity contribution in [3.05, 3.63) is 69.1 Å². The van der Waals surface area contributed by atoms with Gasteiger partial charge in [0.1, 0.15) is 11.3 Å². The highest BCUT2D eigenvalue weighted by molar-refractivity contribution is 7.89. The van der Waals surface area contributed by atoms with Crippen molar-refractivity contribution in [2.24, 2.45) is 0 Å². The summed E-state index contributed by atoms with van der Waals surface area (Å²) >= 11 is 0. The van der Waals surface area contributed by atoms with E-state index in [0.29, 0.717) is 16.7 Å². The van der Waals surface area contributed by atoms with Crippen LogP contribution in [0.5, 0.6) is 5.75 Å². The van der Waals surface area contributed by atoms with Crippen LogP contribution >= 0.6 is 0 Å². The van der Waals surface area contributed by atoms with E-state index in [9.17, 15) is 18.0 Å². The number of hydrogen-bond donors (Lipinski definition) is 1. The molecule has 0 unspecified atom stereocenters. The van der Waals surface area contributed by atoms with Crippen LogP contribution in [0.15, 0.2) is 50.5 Å². The molecule has 158 valence electrons. The molecule has 8 heteroatoms. The highest BCUT2D eigenvalue weighted by atomic mass is 32.2. The lowest BCUT2D eigenvalue weighted by Gasteiger charge is -2.11. The lowest BCUT2D eigenvalue weighted by atomic mass is 10.0. The van der Waals surface area contributed by atoms with E-state index in [-0.39, 0.29) is 23.6 Å². The molecule has 1 heterocycles. The average Bonchev–Trinajstić information content (AvgIpc) is 2.69. The quantitative estimate of drug-likeness (QED) is 0.366. The van der Waals surface area contributed by atoms with Crippen molar-refractivity contribution in [2.45, 2.75) is 39.0 Å². The lowest BCUT2D eigenvalue weighted by Crippen LogP contribution is -2.27. The Balaban J connectivity index is 1.68. The maximum atomic E-state index is 12.3. The Bertz CT molecular complexity index is 1270. The van der Waals surface area contributed by atoms with Crippen LogP contribution < -0.4 is 15.1 Å². The number of aryl methyl sites for hydroxylation is 3. The second-order valence-corrected chi connectivity index (χ2v) is 8.91. The summed E-state index contributed by atoms with van der Waals surface area (Å²) in [6, 6.07) is 9.78. The Morgan fingerprint density at radius 3 is 2.30 bits per heavy atom. The maximum absolute atomic E-state index is 12.3. The van der Waals surface area contributed by atoms with Crippen LogP contribution in [-0.4, -0.2) is 20.9 Å². The molecule has 0 saturated carbocycles. The minimum atomic E-state index is -3.70. The van der Waals surface area contributed by atoms with Crippen molar-refractivity contribution in [2.75, 3.05) is 6.54 Å². The van der Waals surface area contributed by atoms with Crippen LogP contribution in [-0.2, 0) is 14.8 Å². The minimum absolute atomic E-state index is 0.102. The summed E-state index contributed by atoms with van der Waals surface area (Å²) in [6.07, 6.45) is -0.153. The molecule has 1 N–H and O–H groups in total. The lowest BCUT2D eigenvalue weighted by molar-refractivity contribution is -0.134. The van der Waals surface area contributed by atoms with Gasteiger partial charge in [-0.2, -0.15) is 0 Å². The van der Waals surface area contributed by atoms with Crippen LogP contribution in [0.25, 0.3) is 11.0 Å². The van der Waals surface area contributed by atoms with Gasteiger partial charge in [-0.15, -0.1) is 0 Å². The van der Waals surface area contributed by atoms with E-state index in [1.807, 2.05) is 13.8 Å². The van der Waals surface area contributed by atoms with Crippen LogP contribution in [0.3, 0.4) is 0 Å². The molecule has 7 nitrogen and oxygen atoms in total. The van der Waals surface area contributed by atoms with Gasteiger partial charge < -0.3 is 9.15 Å². The SMILES string of the molecule is Cc1ccc(S(=O)(=O)NCCC(=O)Oc2ccc3c(C)c(C)c(=O)oc3c2C)cc1. The van der Waals surface area contributed by atoms with Crippen molar-refractivity contribution in [1.82, 2.24) is 4.72 Å². The zero-order valence-corrected chi connectivity index (χ0v) is 18.1. The van der Waals surface area contributed by atoms with Crippen molar-refractivity contribution in [1.29, 1.82) is 0 Å². The zero-order chi connectivity index (χ0) is 22.1. The Labute approximate surface area is 174 Å². The summed E-state index contributed by atoms with van der Waals surface area (Å²) < 4.78 is 37.7. The first kappa shape index (κ1) is 21.7. The molecule has 0 aliphatic rings. The van der Waals surface area contributed by atoms with Crippen LogP contribution in [0.2, 0.25) is 0 Å². The number of rotatable bonds is 6. The Morgan fingerprint density at radius 1 is 0.967 bits per heavy atom. The molecule has 0 atom stereocenters. The third kappa shape index (κ3) is 4.44. The van der Waals surface area contributed by atoms with Crippen LogP contribution in [0.1, 0.15) is 28.7 Å². The van der Waals surface area contributed by atoms with Gasteiger partial charge in [-0.1, -0.05) is 17.7 Å². The molecule has 0 radical (unpaired) electrons. The van der Waals surface area contributed by atoms with Gasteiger partial charge in [0.25, 0.3) is 0 Å². The number of fused-ring (bicyclic) bond motifs is 1. The summed E-state index contributed by atoms with van der Waals surface area (Å²) in [6.45, 7) is 6.99. The first-order chi connectivity index (χ1) is 14.1. The Hall–Kier alpha value is -2.97. The van der Waals surface area contributed by atoms with Gasteiger partial charge >= 0.3 is 11.6 Å². The third-order valence-electron chi connectivity index (χ3n) is 5.00. The van der Waals surface area contributed by atoms with Crippen LogP contribution in [0, 0.1) is 27.7 Å². The van der Waals surface area contributed by atoms with E-state index in [1.54, 1.807) is 38.1 Å². The van der Waals surface area contributed by atoms with E-state index in [1.165, 1.54) is 12.1 Å². The molecule has 0 aliphatic carbocycles. The minimum Gasteiger partial charge on any atom is -0.426 e. The fourth-order valence-electron chi connectivity index (χ4n) is 3.00. The number of benzene rings is 2. The summed E-state index contributed by atoms with van der Waals surface area (Å²) in [5.74, 6) is -0.337. The second kappa shape index (κ2) is 8.41. The smallest absolute Gasteiger partial charge is 0.339 e. The predicted octanol–water partition coefficient (Wildman–Crippen LogP) is 3.30. The van der Waals surface area contributed by atoms with E-state index >= 15 is 0 Å². The molecule has 0 fully saturated rings. The van der Waals surface area contributed by atoms with E-state index in [2.05, 4.69) is 4.72 Å². The molecule has 0 aliphatic heterocycles. The van der Waals surface area contributed by atoms with Crippen molar-refractivity contribution >= 4 is 27.0 Å². The number of esters is 1. The second-order valence-electron chi connectivity index (χ2n) is 7.14. The number of carbonyl (C=O) groups is 1. The number of nitrogens with one attached hydrogen (secondary N) is 1. The Kier molecular flexibility index (Phi) is 6.09. The van der Waals surface area contributed by atoms with Gasteiger partial charge in [0, 0.05) is 23.1 Å². The zero-order valence-electron chi connectivity index (χ0n) is 17.2. The number of ether oxygens (including phenoxy) is 1. The monoisotopic (exact) mass is 429 g/mol. The third-order valence-corrected chi connectivity index (χ3v) is 6.48. The molecule has 0 amide bonds. The van der Waals surface area contributed by atoms with Crippen LogP contribution in [0.4, 0.5) is 0 Å². The van der Waals surface area contributed by atoms with Crippen molar-refractivity contribution in [3.63, 3.8) is 0 Å². The average molecular weight is 429 g/mol. The molecular weight excluding hydrogens is 406 g/mol. The van der Waals surface area contributed by atoms with Gasteiger partial charge in [0.05, 0.1) is 11.3 Å². The fourth-order valence-corrected chi connectivity index (χ4v) is 4.03. The topological polar surface area (TPSA) is 103 Å². The molecule has 3 rings (SSSR count). The number of hydrogen-bond acceptors (Lipinski definition) is 6. The van der Waals surface area contributed by atoms with Gasteiger partial charge in [0.15, 0.2) is 0 Å². The first-order valence-corrected chi connectivity index (χ1v) is 10.9. The summed E-state index contributed by atoms with van der Waals surface area (Å²) in [5, 5.41) is 0.773. The molecule has 1 aromatic heterocycles. The highest BCUT2D eigenvalue weighted by Gasteiger charge is 2.17. The van der Waals surface area contributed by atoms with Gasteiger partial charge in [-0.3, -0.25) is 4.79 Å². The standard InChI is InChI=1S/C22H23NO6S/c1-13-5-7-17(8-6-13)30(26,27)23-12-11-20(24)28-19-10-9-18-14(2)15(3)22(25)29-21(18)16(19)4/h5-10,23H,11-12H2,1-4H3. The number of sulfonamides is 1. The van der Waals surface area contributed by atoms with E-state index < -0.39 is 21.6 Å². The highest BCUT2D eigenvalue weighted by Crippen LogP contribution is 2.29.